The van der Waals surface area contributed by atoms with Crippen LogP contribution in [-0.2, 0) is 16.1 Å². The van der Waals surface area contributed by atoms with Crippen LogP contribution in [0.4, 0.5) is 0 Å². The van der Waals surface area contributed by atoms with Crippen molar-refractivity contribution in [3.05, 3.63) is 29.8 Å². The molecule has 0 spiro atoms. The molecule has 0 fully saturated rings. The first-order valence-corrected chi connectivity index (χ1v) is 8.24. The molecule has 0 saturated carbocycles. The first-order chi connectivity index (χ1) is 11.4. The van der Waals surface area contributed by atoms with E-state index in [1.807, 2.05) is 49.9 Å². The molecule has 0 bridgehead atoms. The minimum atomic E-state index is -0.0629. The van der Waals surface area contributed by atoms with Gasteiger partial charge in [-0.1, -0.05) is 25.1 Å². The van der Waals surface area contributed by atoms with Gasteiger partial charge >= 0.3 is 0 Å². The Bertz CT molecular complexity index is 546. The summed E-state index contributed by atoms with van der Waals surface area (Å²) in [6, 6.07) is 7.74. The largest absolute Gasteiger partial charge is 0.496 e. The van der Waals surface area contributed by atoms with Gasteiger partial charge in [0.25, 0.3) is 0 Å². The van der Waals surface area contributed by atoms with Crippen LogP contribution in [-0.4, -0.2) is 61.4 Å². The molecule has 0 aliphatic heterocycles. The zero-order chi connectivity index (χ0) is 18.1. The number of nitrogens with one attached hydrogen (secondary N) is 1. The Morgan fingerprint density at radius 2 is 1.88 bits per heavy atom. The number of rotatable bonds is 9. The molecule has 0 saturated heterocycles. The van der Waals surface area contributed by atoms with E-state index in [1.165, 1.54) is 0 Å². The number of amides is 2. The normalized spacial score (nSPS) is 10.8. The maximum Gasteiger partial charge on any atom is 0.236 e. The molecule has 2 amide bonds. The third-order valence-electron chi connectivity index (χ3n) is 3.65. The quantitative estimate of drug-likeness (QED) is 0.743. The fourth-order valence-electron chi connectivity index (χ4n) is 2.34. The Hall–Kier alpha value is -2.08. The maximum absolute atomic E-state index is 12.4. The van der Waals surface area contributed by atoms with Gasteiger partial charge in [0, 0.05) is 25.2 Å². The third kappa shape index (κ3) is 6.58. The molecule has 0 unspecified atom stereocenters. The van der Waals surface area contributed by atoms with Gasteiger partial charge in [-0.2, -0.15) is 0 Å². The van der Waals surface area contributed by atoms with Crippen molar-refractivity contribution >= 4 is 11.8 Å². The number of hydrogen-bond acceptors (Lipinski definition) is 4. The molecule has 6 heteroatoms. The van der Waals surface area contributed by atoms with E-state index in [0.717, 1.165) is 11.3 Å². The Balaban J connectivity index is 2.59. The van der Waals surface area contributed by atoms with Gasteiger partial charge in [0.1, 0.15) is 5.75 Å². The summed E-state index contributed by atoms with van der Waals surface area (Å²) in [4.78, 5) is 27.8. The van der Waals surface area contributed by atoms with Crippen LogP contribution in [0.15, 0.2) is 24.3 Å². The number of carbonyl (C=O) groups is 2. The predicted molar refractivity (Wildman–Crippen MR) is 94.9 cm³/mol. The summed E-state index contributed by atoms with van der Waals surface area (Å²) in [5.74, 6) is 0.674. The highest BCUT2D eigenvalue weighted by atomic mass is 16.5. The van der Waals surface area contributed by atoms with Crippen LogP contribution in [0.3, 0.4) is 0 Å². The second kappa shape index (κ2) is 9.93. The van der Waals surface area contributed by atoms with Crippen LogP contribution in [0.1, 0.15) is 26.3 Å². The fourth-order valence-corrected chi connectivity index (χ4v) is 2.34. The van der Waals surface area contributed by atoms with Gasteiger partial charge in [0.05, 0.1) is 20.2 Å². The molecule has 0 aromatic heterocycles. The van der Waals surface area contributed by atoms with Crippen molar-refractivity contribution in [1.29, 1.82) is 0 Å². The van der Waals surface area contributed by atoms with E-state index in [9.17, 15) is 9.59 Å². The van der Waals surface area contributed by atoms with Crippen LogP contribution in [0.2, 0.25) is 0 Å². The molecule has 1 N–H and O–H groups in total. The summed E-state index contributed by atoms with van der Waals surface area (Å²) in [5, 5.41) is 2.84. The molecular weight excluding hydrogens is 306 g/mol. The molecule has 0 heterocycles. The molecule has 1 rings (SSSR count). The van der Waals surface area contributed by atoms with Crippen molar-refractivity contribution in [3.8, 4) is 5.75 Å². The molecule has 24 heavy (non-hydrogen) atoms. The van der Waals surface area contributed by atoms with E-state index < -0.39 is 0 Å². The van der Waals surface area contributed by atoms with E-state index in [0.29, 0.717) is 13.1 Å². The average Bonchev–Trinajstić information content (AvgIpc) is 2.53. The number of ether oxygens (including phenoxy) is 1. The standard InChI is InChI=1S/C18H29N3O3/c1-6-21(12-17(22)19-14(2)3)13-18(23)20(4)11-15-9-7-8-10-16(15)24-5/h7-10,14H,6,11-13H2,1-5H3,(H,19,22). The Morgan fingerprint density at radius 1 is 1.21 bits per heavy atom. The molecule has 6 nitrogen and oxygen atoms in total. The number of carbonyl (C=O) groups excluding carboxylic acids is 2. The zero-order valence-corrected chi connectivity index (χ0v) is 15.3. The fraction of sp³-hybridized carbons (Fsp3) is 0.556. The van der Waals surface area contributed by atoms with Crippen molar-refractivity contribution < 1.29 is 14.3 Å². The lowest BCUT2D eigenvalue weighted by atomic mass is 10.2. The average molecular weight is 335 g/mol. The lowest BCUT2D eigenvalue weighted by molar-refractivity contribution is -0.132. The minimum Gasteiger partial charge on any atom is -0.496 e. The summed E-state index contributed by atoms with van der Waals surface area (Å²) in [6.07, 6.45) is 0. The van der Waals surface area contributed by atoms with Crippen LogP contribution in [0.25, 0.3) is 0 Å². The second-order valence-corrected chi connectivity index (χ2v) is 6.09. The van der Waals surface area contributed by atoms with Crippen molar-refractivity contribution in [2.24, 2.45) is 0 Å². The van der Waals surface area contributed by atoms with E-state index in [4.69, 9.17) is 4.74 Å². The Labute approximate surface area is 144 Å². The lowest BCUT2D eigenvalue weighted by Gasteiger charge is -2.24. The molecule has 0 aliphatic carbocycles. The zero-order valence-electron chi connectivity index (χ0n) is 15.3. The number of likely N-dealkylation sites (N-methyl/N-ethyl adjacent to an activating group) is 2. The number of para-hydroxylation sites is 1. The van der Waals surface area contributed by atoms with Gasteiger partial charge in [0.15, 0.2) is 0 Å². The number of benzene rings is 1. The summed E-state index contributed by atoms with van der Waals surface area (Å²) in [6.45, 7) is 7.33. The smallest absolute Gasteiger partial charge is 0.236 e. The summed E-state index contributed by atoms with van der Waals surface area (Å²) < 4.78 is 5.32. The highest BCUT2D eigenvalue weighted by Gasteiger charge is 2.17. The van der Waals surface area contributed by atoms with Gasteiger partial charge in [-0.3, -0.25) is 14.5 Å². The van der Waals surface area contributed by atoms with Crippen LogP contribution < -0.4 is 10.1 Å². The van der Waals surface area contributed by atoms with Gasteiger partial charge in [-0.15, -0.1) is 0 Å². The van der Waals surface area contributed by atoms with Gasteiger partial charge < -0.3 is 15.0 Å². The van der Waals surface area contributed by atoms with Crippen molar-refractivity contribution in [2.45, 2.75) is 33.4 Å². The van der Waals surface area contributed by atoms with Crippen molar-refractivity contribution in [1.82, 2.24) is 15.1 Å². The van der Waals surface area contributed by atoms with E-state index >= 15 is 0 Å². The monoisotopic (exact) mass is 335 g/mol. The van der Waals surface area contributed by atoms with Crippen LogP contribution in [0, 0.1) is 0 Å². The summed E-state index contributed by atoms with van der Waals surface area (Å²) in [5.41, 5.74) is 0.955. The minimum absolute atomic E-state index is 0.0277. The van der Waals surface area contributed by atoms with Gasteiger partial charge in [0.2, 0.25) is 11.8 Å². The lowest BCUT2D eigenvalue weighted by Crippen LogP contribution is -2.44. The molecule has 1 aromatic carbocycles. The molecule has 1 aromatic rings. The van der Waals surface area contributed by atoms with Gasteiger partial charge in [-0.05, 0) is 26.5 Å². The van der Waals surface area contributed by atoms with E-state index in [-0.39, 0.29) is 30.9 Å². The maximum atomic E-state index is 12.4. The second-order valence-electron chi connectivity index (χ2n) is 6.09. The first kappa shape index (κ1) is 20.0. The van der Waals surface area contributed by atoms with Gasteiger partial charge in [-0.25, -0.2) is 0 Å². The number of hydrogen-bond donors (Lipinski definition) is 1. The molecular formula is C18H29N3O3. The predicted octanol–water partition coefficient (Wildman–Crippen LogP) is 1.50. The summed E-state index contributed by atoms with van der Waals surface area (Å²) in [7, 11) is 3.38. The topological polar surface area (TPSA) is 61.9 Å². The highest BCUT2D eigenvalue weighted by molar-refractivity contribution is 5.81. The first-order valence-electron chi connectivity index (χ1n) is 8.24. The van der Waals surface area contributed by atoms with Crippen molar-refractivity contribution in [2.75, 3.05) is 33.8 Å². The molecule has 134 valence electrons. The summed E-state index contributed by atoms with van der Waals surface area (Å²) >= 11 is 0. The van der Waals surface area contributed by atoms with Crippen LogP contribution in [0.5, 0.6) is 5.75 Å². The van der Waals surface area contributed by atoms with E-state index in [1.54, 1.807) is 19.1 Å². The number of methoxy groups -OCH3 is 1. The number of nitrogens with zero attached hydrogens (tertiary/aromatic N) is 2. The SMILES string of the molecule is CCN(CC(=O)NC(C)C)CC(=O)N(C)Cc1ccccc1OC. The third-order valence-corrected chi connectivity index (χ3v) is 3.65. The molecule has 0 atom stereocenters. The Kier molecular flexibility index (Phi) is 8.26. The Morgan fingerprint density at radius 3 is 2.46 bits per heavy atom. The van der Waals surface area contributed by atoms with Crippen molar-refractivity contribution in [3.63, 3.8) is 0 Å². The van der Waals surface area contributed by atoms with Crippen LogP contribution >= 0.6 is 0 Å². The molecule has 0 aliphatic rings. The highest BCUT2D eigenvalue weighted by Crippen LogP contribution is 2.18. The molecule has 0 radical (unpaired) electrons. The van der Waals surface area contributed by atoms with E-state index in [2.05, 4.69) is 5.32 Å².